The zero-order valence-electron chi connectivity index (χ0n) is 13.8. The summed E-state index contributed by atoms with van der Waals surface area (Å²) in [6, 6.07) is 8.37. The minimum Gasteiger partial charge on any atom is -0.478 e. The van der Waals surface area contributed by atoms with Gasteiger partial charge >= 0.3 is 5.97 Å². The molecule has 126 valence electrons. The summed E-state index contributed by atoms with van der Waals surface area (Å²) in [4.78, 5) is 22.5. The van der Waals surface area contributed by atoms with Crippen LogP contribution < -0.4 is 5.32 Å². The lowest BCUT2D eigenvalue weighted by Crippen LogP contribution is -2.23. The lowest BCUT2D eigenvalue weighted by molar-refractivity contribution is -0.116. The molecule has 6 nitrogen and oxygen atoms in total. The van der Waals surface area contributed by atoms with Crippen molar-refractivity contribution in [2.24, 2.45) is 0 Å². The molecule has 0 saturated heterocycles. The summed E-state index contributed by atoms with van der Waals surface area (Å²) in [5.74, 6) is -1.14. The highest BCUT2D eigenvalue weighted by atomic mass is 16.4. The number of rotatable bonds is 7. The molecule has 0 aliphatic carbocycles. The van der Waals surface area contributed by atoms with Crippen LogP contribution in [0.25, 0.3) is 6.08 Å². The van der Waals surface area contributed by atoms with Gasteiger partial charge in [-0.25, -0.2) is 4.79 Å². The summed E-state index contributed by atoms with van der Waals surface area (Å²) in [5, 5.41) is 16.0. The summed E-state index contributed by atoms with van der Waals surface area (Å²) >= 11 is 0. The lowest BCUT2D eigenvalue weighted by Gasteiger charge is -2.05. The standard InChI is InChI=1S/C18H21N3O3/c1-13-12-14(2)21(20-13)11-3-10-19-17(22)9-6-15-4-7-16(8-5-15)18(23)24/h4-9,12H,3,10-11H2,1-2H3,(H,19,22)(H,23,24). The maximum absolute atomic E-state index is 11.8. The van der Waals surface area contributed by atoms with Crippen LogP contribution >= 0.6 is 0 Å². The lowest BCUT2D eigenvalue weighted by atomic mass is 10.1. The van der Waals surface area contributed by atoms with E-state index in [-0.39, 0.29) is 11.5 Å². The molecule has 1 heterocycles. The van der Waals surface area contributed by atoms with Gasteiger partial charge in [0, 0.05) is 24.9 Å². The summed E-state index contributed by atoms with van der Waals surface area (Å²) in [6.07, 6.45) is 3.90. The Kier molecular flexibility index (Phi) is 5.89. The van der Waals surface area contributed by atoms with Crippen LogP contribution in [0.3, 0.4) is 0 Å². The Bertz CT molecular complexity index is 745. The molecule has 0 unspecified atom stereocenters. The van der Waals surface area contributed by atoms with Gasteiger partial charge in [-0.05, 0) is 50.1 Å². The van der Waals surface area contributed by atoms with E-state index in [1.807, 2.05) is 24.6 Å². The molecule has 0 radical (unpaired) electrons. The van der Waals surface area contributed by atoms with Crippen molar-refractivity contribution < 1.29 is 14.7 Å². The van der Waals surface area contributed by atoms with E-state index in [0.717, 1.165) is 29.9 Å². The van der Waals surface area contributed by atoms with E-state index < -0.39 is 5.97 Å². The van der Waals surface area contributed by atoms with Crippen molar-refractivity contribution >= 4 is 18.0 Å². The van der Waals surface area contributed by atoms with Gasteiger partial charge in [0.15, 0.2) is 0 Å². The van der Waals surface area contributed by atoms with E-state index in [9.17, 15) is 9.59 Å². The van der Waals surface area contributed by atoms with Crippen molar-refractivity contribution in [2.45, 2.75) is 26.8 Å². The highest BCUT2D eigenvalue weighted by molar-refractivity contribution is 5.92. The zero-order chi connectivity index (χ0) is 17.5. The van der Waals surface area contributed by atoms with Crippen molar-refractivity contribution in [3.8, 4) is 0 Å². The van der Waals surface area contributed by atoms with E-state index in [0.29, 0.717) is 6.54 Å². The van der Waals surface area contributed by atoms with Crippen LogP contribution in [-0.2, 0) is 11.3 Å². The van der Waals surface area contributed by atoms with E-state index in [4.69, 9.17) is 5.11 Å². The van der Waals surface area contributed by atoms with Crippen LogP contribution in [0.15, 0.2) is 36.4 Å². The Morgan fingerprint density at radius 1 is 1.25 bits per heavy atom. The number of benzene rings is 1. The Morgan fingerprint density at radius 3 is 2.54 bits per heavy atom. The van der Waals surface area contributed by atoms with Crippen molar-refractivity contribution in [3.05, 3.63) is 58.9 Å². The second-order valence-electron chi connectivity index (χ2n) is 5.56. The molecule has 6 heteroatoms. The summed E-state index contributed by atoms with van der Waals surface area (Å²) < 4.78 is 1.93. The number of carboxylic acid groups (broad SMARTS) is 1. The van der Waals surface area contributed by atoms with E-state index in [1.54, 1.807) is 18.2 Å². The molecule has 0 saturated carbocycles. The predicted octanol–water partition coefficient (Wildman–Crippen LogP) is 2.42. The monoisotopic (exact) mass is 327 g/mol. The fraction of sp³-hybridized carbons (Fsp3) is 0.278. The van der Waals surface area contributed by atoms with Crippen LogP contribution in [0.5, 0.6) is 0 Å². The topological polar surface area (TPSA) is 84.2 Å². The van der Waals surface area contributed by atoms with Gasteiger partial charge in [-0.3, -0.25) is 9.48 Å². The van der Waals surface area contributed by atoms with Gasteiger partial charge < -0.3 is 10.4 Å². The van der Waals surface area contributed by atoms with E-state index in [2.05, 4.69) is 10.4 Å². The SMILES string of the molecule is Cc1cc(C)n(CCCNC(=O)C=Cc2ccc(C(=O)O)cc2)n1. The first-order valence-corrected chi connectivity index (χ1v) is 7.76. The molecule has 0 spiro atoms. The third-order valence-electron chi connectivity index (χ3n) is 3.53. The third kappa shape index (κ3) is 5.08. The fourth-order valence-electron chi connectivity index (χ4n) is 2.31. The first-order valence-electron chi connectivity index (χ1n) is 7.76. The minimum atomic E-state index is -0.967. The van der Waals surface area contributed by atoms with Crippen LogP contribution in [0.1, 0.15) is 33.7 Å². The number of carbonyl (C=O) groups excluding carboxylic acids is 1. The number of carbonyl (C=O) groups is 2. The van der Waals surface area contributed by atoms with E-state index >= 15 is 0 Å². The number of aromatic nitrogens is 2. The molecule has 24 heavy (non-hydrogen) atoms. The van der Waals surface area contributed by atoms with Gasteiger partial charge in [-0.15, -0.1) is 0 Å². The van der Waals surface area contributed by atoms with Crippen LogP contribution in [0, 0.1) is 13.8 Å². The molecule has 0 aliphatic heterocycles. The second-order valence-corrected chi connectivity index (χ2v) is 5.56. The number of aromatic carboxylic acids is 1. The summed E-state index contributed by atoms with van der Waals surface area (Å²) in [5.41, 5.74) is 3.11. The van der Waals surface area contributed by atoms with Gasteiger partial charge in [0.2, 0.25) is 5.91 Å². The zero-order valence-corrected chi connectivity index (χ0v) is 13.8. The van der Waals surface area contributed by atoms with Crippen molar-refractivity contribution in [2.75, 3.05) is 6.54 Å². The molecule has 2 rings (SSSR count). The number of amides is 1. The molecule has 2 N–H and O–H groups in total. The average Bonchev–Trinajstić information content (AvgIpc) is 2.87. The Morgan fingerprint density at radius 2 is 1.96 bits per heavy atom. The number of nitrogens with zero attached hydrogens (tertiary/aromatic N) is 2. The number of nitrogens with one attached hydrogen (secondary N) is 1. The van der Waals surface area contributed by atoms with Crippen molar-refractivity contribution in [3.63, 3.8) is 0 Å². The van der Waals surface area contributed by atoms with Crippen LogP contribution in [-0.4, -0.2) is 33.3 Å². The normalized spacial score (nSPS) is 10.9. The first kappa shape index (κ1) is 17.5. The van der Waals surface area contributed by atoms with Crippen LogP contribution in [0.2, 0.25) is 0 Å². The maximum atomic E-state index is 11.8. The Balaban J connectivity index is 1.74. The largest absolute Gasteiger partial charge is 0.478 e. The van der Waals surface area contributed by atoms with Gasteiger partial charge in [-0.1, -0.05) is 12.1 Å². The molecule has 0 aliphatic rings. The number of hydrogen-bond donors (Lipinski definition) is 2. The molecular formula is C18H21N3O3. The van der Waals surface area contributed by atoms with Gasteiger partial charge in [-0.2, -0.15) is 5.10 Å². The molecule has 0 bridgehead atoms. The number of carboxylic acids is 1. The van der Waals surface area contributed by atoms with Gasteiger partial charge in [0.1, 0.15) is 0 Å². The highest BCUT2D eigenvalue weighted by Crippen LogP contribution is 2.06. The summed E-state index contributed by atoms with van der Waals surface area (Å²) in [6.45, 7) is 5.30. The molecule has 2 aromatic rings. The maximum Gasteiger partial charge on any atom is 0.335 e. The molecule has 1 aromatic carbocycles. The number of hydrogen-bond acceptors (Lipinski definition) is 3. The summed E-state index contributed by atoms with van der Waals surface area (Å²) in [7, 11) is 0. The minimum absolute atomic E-state index is 0.175. The number of aryl methyl sites for hydroxylation is 3. The first-order chi connectivity index (χ1) is 11.5. The second kappa shape index (κ2) is 8.10. The highest BCUT2D eigenvalue weighted by Gasteiger charge is 2.02. The fourth-order valence-corrected chi connectivity index (χ4v) is 2.31. The molecular weight excluding hydrogens is 306 g/mol. The smallest absolute Gasteiger partial charge is 0.335 e. The molecule has 1 amide bonds. The third-order valence-corrected chi connectivity index (χ3v) is 3.53. The molecule has 0 atom stereocenters. The molecule has 0 fully saturated rings. The van der Waals surface area contributed by atoms with Gasteiger partial charge in [0.25, 0.3) is 0 Å². The van der Waals surface area contributed by atoms with Gasteiger partial charge in [0.05, 0.1) is 11.3 Å². The quantitative estimate of drug-likeness (QED) is 0.604. The Hall–Kier alpha value is -2.89. The predicted molar refractivity (Wildman–Crippen MR) is 91.8 cm³/mol. The average molecular weight is 327 g/mol. The Labute approximate surface area is 140 Å². The van der Waals surface area contributed by atoms with Crippen molar-refractivity contribution in [1.82, 2.24) is 15.1 Å². The molecule has 1 aromatic heterocycles. The van der Waals surface area contributed by atoms with E-state index in [1.165, 1.54) is 18.2 Å². The van der Waals surface area contributed by atoms with Crippen LogP contribution in [0.4, 0.5) is 0 Å². The van der Waals surface area contributed by atoms with Crippen molar-refractivity contribution in [1.29, 1.82) is 0 Å².